The molecule has 0 aromatic heterocycles. The van der Waals surface area contributed by atoms with E-state index < -0.39 is 0 Å². The molecule has 0 spiro atoms. The lowest BCUT2D eigenvalue weighted by molar-refractivity contribution is 0.0701. The molecule has 21 heavy (non-hydrogen) atoms. The third kappa shape index (κ3) is 3.99. The molecule has 1 amide bonds. The van der Waals surface area contributed by atoms with E-state index in [9.17, 15) is 4.79 Å². The minimum absolute atomic E-state index is 0.124. The number of nitrogens with one attached hydrogen (secondary N) is 1. The molecule has 3 rings (SSSR count). The predicted molar refractivity (Wildman–Crippen MR) is 88.8 cm³/mol. The first kappa shape index (κ1) is 15.3. The number of benzene rings is 1. The van der Waals surface area contributed by atoms with Gasteiger partial charge in [0.1, 0.15) is 0 Å². The SMILES string of the molecule is O=C(c1cc(Cl)cc(Br)c1)N(CC1CCNCC1)C1CC1. The minimum atomic E-state index is 0.124. The summed E-state index contributed by atoms with van der Waals surface area (Å²) >= 11 is 9.50. The number of amides is 1. The maximum absolute atomic E-state index is 12.8. The molecule has 1 aliphatic carbocycles. The zero-order valence-corrected chi connectivity index (χ0v) is 14.3. The molecule has 3 nitrogen and oxygen atoms in total. The van der Waals surface area contributed by atoms with Crippen molar-refractivity contribution in [2.75, 3.05) is 19.6 Å². The van der Waals surface area contributed by atoms with E-state index in [1.165, 1.54) is 0 Å². The molecule has 0 atom stereocenters. The van der Waals surface area contributed by atoms with Crippen LogP contribution < -0.4 is 5.32 Å². The van der Waals surface area contributed by atoms with Crippen molar-refractivity contribution in [1.82, 2.24) is 10.2 Å². The number of rotatable bonds is 4. The fourth-order valence-corrected chi connectivity index (χ4v) is 3.83. The summed E-state index contributed by atoms with van der Waals surface area (Å²) in [4.78, 5) is 14.9. The van der Waals surface area contributed by atoms with Crippen LogP contribution in [0.1, 0.15) is 36.0 Å². The van der Waals surface area contributed by atoms with E-state index in [2.05, 4.69) is 26.1 Å². The fourth-order valence-electron chi connectivity index (χ4n) is 2.97. The van der Waals surface area contributed by atoms with Crippen LogP contribution in [0.25, 0.3) is 0 Å². The summed E-state index contributed by atoms with van der Waals surface area (Å²) in [6.45, 7) is 3.02. The second-order valence-corrected chi connectivity index (χ2v) is 7.39. The molecule has 2 fully saturated rings. The Morgan fingerprint density at radius 2 is 1.95 bits per heavy atom. The number of halogens is 2. The van der Waals surface area contributed by atoms with Gasteiger partial charge in [0, 0.05) is 27.6 Å². The molecular formula is C16H20BrClN2O. The van der Waals surface area contributed by atoms with E-state index >= 15 is 0 Å². The largest absolute Gasteiger partial charge is 0.335 e. The Morgan fingerprint density at radius 3 is 2.57 bits per heavy atom. The quantitative estimate of drug-likeness (QED) is 0.875. The van der Waals surface area contributed by atoms with E-state index in [-0.39, 0.29) is 5.91 Å². The standard InChI is InChI=1S/C16H20BrClN2O/c17-13-7-12(8-14(18)9-13)16(21)20(15-1-2-15)10-11-3-5-19-6-4-11/h7-9,11,15,19H,1-6,10H2. The Labute approximate surface area is 139 Å². The number of nitrogens with zero attached hydrogens (tertiary/aromatic N) is 1. The van der Waals surface area contributed by atoms with Gasteiger partial charge in [-0.05, 0) is 62.9 Å². The topological polar surface area (TPSA) is 32.3 Å². The highest BCUT2D eigenvalue weighted by atomic mass is 79.9. The van der Waals surface area contributed by atoms with Gasteiger partial charge in [-0.3, -0.25) is 4.79 Å². The van der Waals surface area contributed by atoms with Crippen LogP contribution in [0.5, 0.6) is 0 Å². The van der Waals surface area contributed by atoms with Crippen molar-refractivity contribution in [3.8, 4) is 0 Å². The van der Waals surface area contributed by atoms with Crippen LogP contribution in [0.2, 0.25) is 5.02 Å². The van der Waals surface area contributed by atoms with Crippen LogP contribution in [-0.2, 0) is 0 Å². The maximum atomic E-state index is 12.8. The van der Waals surface area contributed by atoms with Crippen LogP contribution in [0, 0.1) is 5.92 Å². The van der Waals surface area contributed by atoms with Crippen LogP contribution in [0.3, 0.4) is 0 Å². The summed E-state index contributed by atoms with van der Waals surface area (Å²) in [5.74, 6) is 0.748. The molecule has 1 aromatic carbocycles. The average Bonchev–Trinajstić information content (AvgIpc) is 3.29. The number of hydrogen-bond donors (Lipinski definition) is 1. The smallest absolute Gasteiger partial charge is 0.254 e. The van der Waals surface area contributed by atoms with Gasteiger partial charge in [-0.2, -0.15) is 0 Å². The fraction of sp³-hybridized carbons (Fsp3) is 0.562. The molecule has 2 aliphatic rings. The van der Waals surface area contributed by atoms with Crippen molar-refractivity contribution >= 4 is 33.4 Å². The van der Waals surface area contributed by atoms with E-state index in [0.717, 1.165) is 49.8 Å². The van der Waals surface area contributed by atoms with Crippen LogP contribution in [0.4, 0.5) is 0 Å². The third-order valence-electron chi connectivity index (χ3n) is 4.27. The van der Waals surface area contributed by atoms with E-state index in [1.54, 1.807) is 6.07 Å². The highest BCUT2D eigenvalue weighted by molar-refractivity contribution is 9.10. The zero-order chi connectivity index (χ0) is 14.8. The van der Waals surface area contributed by atoms with Crippen molar-refractivity contribution < 1.29 is 4.79 Å². The average molecular weight is 372 g/mol. The molecule has 1 aromatic rings. The van der Waals surface area contributed by atoms with Crippen molar-refractivity contribution in [2.45, 2.75) is 31.7 Å². The van der Waals surface area contributed by atoms with Crippen LogP contribution in [-0.4, -0.2) is 36.5 Å². The van der Waals surface area contributed by atoms with Crippen LogP contribution >= 0.6 is 27.5 Å². The first-order valence-electron chi connectivity index (χ1n) is 7.61. The van der Waals surface area contributed by atoms with Gasteiger partial charge >= 0.3 is 0 Å². The molecule has 0 unspecified atom stereocenters. The predicted octanol–water partition coefficient (Wildman–Crippen LogP) is 3.71. The van der Waals surface area contributed by atoms with Gasteiger partial charge in [-0.15, -0.1) is 0 Å². The normalized spacial score (nSPS) is 19.5. The maximum Gasteiger partial charge on any atom is 0.254 e. The molecule has 0 radical (unpaired) electrons. The van der Waals surface area contributed by atoms with Gasteiger partial charge in [-0.25, -0.2) is 0 Å². The Bertz CT molecular complexity index is 507. The molecule has 1 saturated carbocycles. The number of piperidine rings is 1. The molecule has 1 heterocycles. The van der Waals surface area contributed by atoms with E-state index in [0.29, 0.717) is 22.5 Å². The first-order chi connectivity index (χ1) is 10.1. The highest BCUT2D eigenvalue weighted by Crippen LogP contribution is 2.31. The van der Waals surface area contributed by atoms with Crippen molar-refractivity contribution in [2.24, 2.45) is 5.92 Å². The monoisotopic (exact) mass is 370 g/mol. The Morgan fingerprint density at radius 1 is 1.24 bits per heavy atom. The van der Waals surface area contributed by atoms with E-state index in [1.807, 2.05) is 12.1 Å². The summed E-state index contributed by atoms with van der Waals surface area (Å²) in [5, 5.41) is 3.98. The van der Waals surface area contributed by atoms with Crippen molar-refractivity contribution in [1.29, 1.82) is 0 Å². The van der Waals surface area contributed by atoms with Crippen LogP contribution in [0.15, 0.2) is 22.7 Å². The van der Waals surface area contributed by atoms with Gasteiger partial charge in [0.2, 0.25) is 0 Å². The highest BCUT2D eigenvalue weighted by Gasteiger charge is 2.34. The summed E-state index contributed by atoms with van der Waals surface area (Å²) in [7, 11) is 0. The molecule has 1 aliphatic heterocycles. The molecule has 1 saturated heterocycles. The Kier molecular flexibility index (Phi) is 4.87. The summed E-state index contributed by atoms with van der Waals surface area (Å²) in [6, 6.07) is 5.88. The van der Waals surface area contributed by atoms with Crippen molar-refractivity contribution in [3.63, 3.8) is 0 Å². The van der Waals surface area contributed by atoms with Gasteiger partial charge in [0.15, 0.2) is 0 Å². The molecule has 5 heteroatoms. The molecule has 1 N–H and O–H groups in total. The second kappa shape index (κ2) is 6.67. The summed E-state index contributed by atoms with van der Waals surface area (Å²) < 4.78 is 0.857. The lowest BCUT2D eigenvalue weighted by Gasteiger charge is -2.30. The zero-order valence-electron chi connectivity index (χ0n) is 11.9. The third-order valence-corrected chi connectivity index (χ3v) is 4.95. The van der Waals surface area contributed by atoms with Gasteiger partial charge in [-0.1, -0.05) is 27.5 Å². The number of carbonyl (C=O) groups is 1. The number of carbonyl (C=O) groups excluding carboxylic acids is 1. The molecule has 0 bridgehead atoms. The second-order valence-electron chi connectivity index (χ2n) is 6.04. The van der Waals surface area contributed by atoms with E-state index in [4.69, 9.17) is 11.6 Å². The van der Waals surface area contributed by atoms with Gasteiger partial charge in [0.05, 0.1) is 0 Å². The minimum Gasteiger partial charge on any atom is -0.335 e. The number of hydrogen-bond acceptors (Lipinski definition) is 2. The lowest BCUT2D eigenvalue weighted by Crippen LogP contribution is -2.40. The summed E-state index contributed by atoms with van der Waals surface area (Å²) in [5.41, 5.74) is 0.690. The Balaban J connectivity index is 1.74. The Hall–Kier alpha value is -0.580. The summed E-state index contributed by atoms with van der Waals surface area (Å²) in [6.07, 6.45) is 4.60. The van der Waals surface area contributed by atoms with Gasteiger partial charge in [0.25, 0.3) is 5.91 Å². The van der Waals surface area contributed by atoms with Gasteiger partial charge < -0.3 is 10.2 Å². The molecular weight excluding hydrogens is 352 g/mol. The first-order valence-corrected chi connectivity index (χ1v) is 8.78. The molecule has 114 valence electrons. The lowest BCUT2D eigenvalue weighted by atomic mass is 9.97. The van der Waals surface area contributed by atoms with Crippen molar-refractivity contribution in [3.05, 3.63) is 33.3 Å².